The van der Waals surface area contributed by atoms with Gasteiger partial charge < -0.3 is 20.1 Å². The van der Waals surface area contributed by atoms with Crippen molar-refractivity contribution in [3.63, 3.8) is 0 Å². The van der Waals surface area contributed by atoms with E-state index in [-0.39, 0.29) is 22.2 Å². The summed E-state index contributed by atoms with van der Waals surface area (Å²) in [6.07, 6.45) is 0.212. The molecule has 0 aromatic carbocycles. The van der Waals surface area contributed by atoms with E-state index in [2.05, 4.69) is 11.6 Å². The molecule has 0 bridgehead atoms. The number of hydrogen-bond donors (Lipinski definition) is 4. The molecule has 0 radical (unpaired) electrons. The van der Waals surface area contributed by atoms with E-state index in [9.17, 15) is 24.9 Å². The molecule has 1 aromatic rings. The first-order valence-electron chi connectivity index (χ1n) is 6.84. The Balaban J connectivity index is 2.69. The van der Waals surface area contributed by atoms with Crippen molar-refractivity contribution >= 4 is 10.2 Å². The van der Waals surface area contributed by atoms with Crippen LogP contribution in [0.4, 0.5) is 0 Å². The molecule has 0 unspecified atom stereocenters. The lowest BCUT2D eigenvalue weighted by Gasteiger charge is -2.40. The van der Waals surface area contributed by atoms with Gasteiger partial charge in [-0.25, -0.2) is 4.79 Å². The van der Waals surface area contributed by atoms with Gasteiger partial charge in [-0.1, -0.05) is 6.08 Å². The minimum absolute atomic E-state index is 0.0429. The zero-order valence-corrected chi connectivity index (χ0v) is 14.4. The van der Waals surface area contributed by atoms with E-state index in [0.29, 0.717) is 0 Å². The number of nitrogens with zero attached hydrogens (tertiary/aromatic N) is 1. The molecule has 1 aromatic heterocycles. The van der Waals surface area contributed by atoms with E-state index in [1.807, 2.05) is 0 Å². The first-order chi connectivity index (χ1) is 10.2. The molecule has 1 aliphatic rings. The quantitative estimate of drug-likeness (QED) is 0.342. The van der Waals surface area contributed by atoms with Gasteiger partial charge in [0, 0.05) is 18.2 Å². The number of aromatic amines is 1. The smallest absolute Gasteiger partial charge is 0.330 e. The summed E-state index contributed by atoms with van der Waals surface area (Å²) in [7, 11) is 0.117. The molecule has 2 rings (SSSR count). The van der Waals surface area contributed by atoms with E-state index in [0.717, 1.165) is 4.57 Å². The summed E-state index contributed by atoms with van der Waals surface area (Å²) >= 11 is 0. The lowest BCUT2D eigenvalue weighted by molar-refractivity contribution is -0.141. The van der Waals surface area contributed by atoms with Crippen molar-refractivity contribution in [3.05, 3.63) is 45.3 Å². The highest BCUT2D eigenvalue weighted by atomic mass is 28.1. The highest BCUT2D eigenvalue weighted by molar-refractivity contribution is 6.13. The Bertz CT molecular complexity index is 701. The van der Waals surface area contributed by atoms with Crippen molar-refractivity contribution in [1.82, 2.24) is 9.55 Å². The number of H-pyrrole nitrogens is 1. The lowest BCUT2D eigenvalue weighted by Crippen LogP contribution is -2.61. The normalized spacial score (nSPS) is 34.9. The van der Waals surface area contributed by atoms with Crippen LogP contribution in [0.5, 0.6) is 0 Å². The van der Waals surface area contributed by atoms with E-state index >= 15 is 0 Å². The maximum Gasteiger partial charge on any atom is 0.330 e. The van der Waals surface area contributed by atoms with Crippen LogP contribution < -0.4 is 11.2 Å². The summed E-state index contributed by atoms with van der Waals surface area (Å²) in [5.41, 5.74) is -2.85. The topological polar surface area (TPSA) is 125 Å². The van der Waals surface area contributed by atoms with Crippen LogP contribution in [0.2, 0.25) is 0 Å². The third-order valence-corrected chi connectivity index (χ3v) is 5.82. The Hall–Kier alpha value is -1.52. The fourth-order valence-electron chi connectivity index (χ4n) is 2.86. The average molecular weight is 328 g/mol. The third-order valence-electron chi connectivity index (χ3n) is 4.24. The summed E-state index contributed by atoms with van der Waals surface area (Å²) in [6.45, 7) is 4.55. The van der Waals surface area contributed by atoms with Crippen molar-refractivity contribution in [2.75, 3.05) is 6.61 Å². The average Bonchev–Trinajstić information content (AvgIpc) is 2.65. The van der Waals surface area contributed by atoms with Crippen molar-refractivity contribution in [2.24, 2.45) is 0 Å². The molecule has 1 saturated heterocycles. The number of aryl methyl sites for hydroxylation is 1. The van der Waals surface area contributed by atoms with Gasteiger partial charge in [-0.2, -0.15) is 0 Å². The van der Waals surface area contributed by atoms with E-state index in [1.165, 1.54) is 19.2 Å². The second-order valence-corrected chi connectivity index (χ2v) is 6.98. The number of aromatic nitrogens is 2. The Labute approximate surface area is 129 Å². The Kier molecular flexibility index (Phi) is 4.28. The summed E-state index contributed by atoms with van der Waals surface area (Å²) in [5, 5.41) is 29.0. The monoisotopic (exact) mass is 328 g/mol. The molecule has 2 heterocycles. The van der Waals surface area contributed by atoms with Gasteiger partial charge in [0.25, 0.3) is 5.56 Å². The van der Waals surface area contributed by atoms with Crippen molar-refractivity contribution in [1.29, 1.82) is 0 Å². The number of ether oxygens (including phenoxy) is 1. The van der Waals surface area contributed by atoms with E-state index in [4.69, 9.17) is 4.74 Å². The number of nitrogens with one attached hydrogen (secondary N) is 1. The van der Waals surface area contributed by atoms with Gasteiger partial charge in [0.05, 0.1) is 16.8 Å². The Morgan fingerprint density at radius 3 is 2.77 bits per heavy atom. The zero-order valence-electron chi connectivity index (χ0n) is 12.4. The largest absolute Gasteiger partial charge is 0.394 e. The predicted molar refractivity (Wildman–Crippen MR) is 81.7 cm³/mol. The van der Waals surface area contributed by atoms with Gasteiger partial charge in [-0.3, -0.25) is 14.3 Å². The summed E-state index contributed by atoms with van der Waals surface area (Å²) in [4.78, 5) is 25.8. The minimum atomic E-state index is -1.83. The van der Waals surface area contributed by atoms with E-state index < -0.39 is 41.0 Å². The van der Waals surface area contributed by atoms with Crippen molar-refractivity contribution < 1.29 is 20.1 Å². The Morgan fingerprint density at radius 1 is 1.59 bits per heavy atom. The molecular weight excluding hydrogens is 308 g/mol. The van der Waals surface area contributed by atoms with Crippen LogP contribution in [0.15, 0.2) is 28.4 Å². The highest BCUT2D eigenvalue weighted by Gasteiger charge is 2.63. The highest BCUT2D eigenvalue weighted by Crippen LogP contribution is 2.43. The molecule has 122 valence electrons. The molecule has 0 aliphatic carbocycles. The van der Waals surface area contributed by atoms with Crippen molar-refractivity contribution in [2.45, 2.75) is 36.5 Å². The molecule has 1 fully saturated rings. The summed E-state index contributed by atoms with van der Waals surface area (Å²) in [5.74, 6) is 0. The van der Waals surface area contributed by atoms with Crippen LogP contribution in [0.3, 0.4) is 0 Å². The van der Waals surface area contributed by atoms with Crippen LogP contribution in [-0.4, -0.2) is 59.5 Å². The van der Waals surface area contributed by atoms with Gasteiger partial charge >= 0.3 is 5.69 Å². The predicted octanol–water partition coefficient (Wildman–Crippen LogP) is -3.12. The molecular formula is C13H20N2O6Si. The molecule has 0 spiro atoms. The van der Waals surface area contributed by atoms with Gasteiger partial charge in [0.1, 0.15) is 17.8 Å². The third kappa shape index (κ3) is 2.21. The zero-order chi connectivity index (χ0) is 16.7. The van der Waals surface area contributed by atoms with Crippen LogP contribution in [-0.2, 0) is 10.1 Å². The lowest BCUT2D eigenvalue weighted by atomic mass is 9.90. The summed E-state index contributed by atoms with van der Waals surface area (Å²) < 4.78 is 6.73. The molecule has 22 heavy (non-hydrogen) atoms. The maximum absolute atomic E-state index is 12.1. The van der Waals surface area contributed by atoms with Gasteiger partial charge in [-0.15, -0.1) is 6.58 Å². The first kappa shape index (κ1) is 16.8. The number of hydrogen-bond acceptors (Lipinski definition) is 6. The molecule has 8 nitrogen and oxygen atoms in total. The molecule has 4 N–H and O–H groups in total. The summed E-state index contributed by atoms with van der Waals surface area (Å²) in [6, 6.07) is 0. The van der Waals surface area contributed by atoms with Crippen molar-refractivity contribution in [3.8, 4) is 0 Å². The standard InChI is InChI=1S/C13H20N2O6Si/c1-3-4-12(20)9(17)8(6-16)21-13(12,22)15-5-7(2)10(18)14-11(15)19/h3,5,8-9,16-17,20H,1,4,6H2,2,22H3,(H,14,18,19)/t8-,9-,12-,13+/m1/s1. The number of rotatable bonds is 4. The first-order valence-corrected chi connectivity index (χ1v) is 7.84. The fourth-order valence-corrected chi connectivity index (χ4v) is 3.99. The van der Waals surface area contributed by atoms with Crippen LogP contribution in [0.25, 0.3) is 0 Å². The molecule has 0 amide bonds. The maximum atomic E-state index is 12.1. The fraction of sp³-hybridized carbons (Fsp3) is 0.538. The SMILES string of the molecule is C=CC[C@@]1(O)[C@H](O)[C@@H](CO)O[C@@]1([SiH3])n1cc(C)c(=O)[nH]c1=O. The minimum Gasteiger partial charge on any atom is -0.394 e. The molecule has 9 heteroatoms. The Morgan fingerprint density at radius 2 is 2.23 bits per heavy atom. The number of aliphatic hydroxyl groups excluding tert-OH is 2. The second-order valence-electron chi connectivity index (χ2n) is 5.63. The molecule has 0 saturated carbocycles. The number of aliphatic hydroxyl groups is 3. The molecule has 1 aliphatic heterocycles. The molecule has 4 atom stereocenters. The van der Waals surface area contributed by atoms with E-state index in [1.54, 1.807) is 0 Å². The second kappa shape index (κ2) is 5.59. The van der Waals surface area contributed by atoms with Gasteiger partial charge in [0.15, 0.2) is 5.35 Å². The van der Waals surface area contributed by atoms with Gasteiger partial charge in [0.2, 0.25) is 0 Å². The van der Waals surface area contributed by atoms with Crippen LogP contribution in [0.1, 0.15) is 12.0 Å². The van der Waals surface area contributed by atoms with Gasteiger partial charge in [-0.05, 0) is 6.92 Å². The van der Waals surface area contributed by atoms with Crippen LogP contribution in [0, 0.1) is 6.92 Å². The van der Waals surface area contributed by atoms with Crippen LogP contribution >= 0.6 is 0 Å².